The minimum Gasteiger partial charge on any atom is -0.497 e. The third-order valence-corrected chi connectivity index (χ3v) is 5.63. The maximum atomic E-state index is 13.3. The lowest BCUT2D eigenvalue weighted by atomic mass is 10.1. The van der Waals surface area contributed by atoms with Gasteiger partial charge in [-0.05, 0) is 73.9 Å². The van der Waals surface area contributed by atoms with Crippen LogP contribution in [0.25, 0.3) is 22.3 Å². The van der Waals surface area contributed by atoms with Gasteiger partial charge in [0.2, 0.25) is 0 Å². The van der Waals surface area contributed by atoms with Crippen molar-refractivity contribution in [3.05, 3.63) is 87.7 Å². The van der Waals surface area contributed by atoms with E-state index in [0.29, 0.717) is 40.7 Å². The smallest absolute Gasteiger partial charge is 0.261 e. The quantitative estimate of drug-likeness (QED) is 0.315. The van der Waals surface area contributed by atoms with E-state index in [1.54, 1.807) is 11.7 Å². The molecule has 4 rings (SSSR count). The fourth-order valence-corrected chi connectivity index (χ4v) is 3.90. The van der Waals surface area contributed by atoms with Crippen molar-refractivity contribution >= 4 is 22.5 Å². The van der Waals surface area contributed by atoms with E-state index < -0.39 is 0 Å². The van der Waals surface area contributed by atoms with Crippen LogP contribution >= 0.6 is 11.6 Å². The molecule has 0 spiro atoms. The lowest BCUT2D eigenvalue weighted by Crippen LogP contribution is -2.24. The Morgan fingerprint density at radius 2 is 1.78 bits per heavy atom. The Hall–Kier alpha value is -3.31. The first-order chi connectivity index (χ1) is 15.6. The zero-order chi connectivity index (χ0) is 22.5. The first-order valence-corrected chi connectivity index (χ1v) is 11.0. The highest BCUT2D eigenvalue weighted by Gasteiger charge is 2.13. The molecule has 0 atom stereocenters. The highest BCUT2D eigenvalue weighted by Crippen LogP contribution is 2.26. The van der Waals surface area contributed by atoms with Gasteiger partial charge in [0.05, 0.1) is 29.6 Å². The van der Waals surface area contributed by atoms with Crippen LogP contribution in [0.15, 0.2) is 71.5 Å². The van der Waals surface area contributed by atoms with Gasteiger partial charge in [-0.1, -0.05) is 29.8 Å². The maximum Gasteiger partial charge on any atom is 0.261 e. The van der Waals surface area contributed by atoms with Gasteiger partial charge in [-0.2, -0.15) is 0 Å². The topological polar surface area (TPSA) is 53.3 Å². The highest BCUT2D eigenvalue weighted by atomic mass is 35.5. The first kappa shape index (κ1) is 21.9. The van der Waals surface area contributed by atoms with Crippen LogP contribution in [-0.2, 0) is 6.54 Å². The van der Waals surface area contributed by atoms with Gasteiger partial charge in [-0.15, -0.1) is 0 Å². The molecule has 0 amide bonds. The van der Waals surface area contributed by atoms with E-state index in [1.807, 2.05) is 73.7 Å². The second kappa shape index (κ2) is 9.88. The van der Waals surface area contributed by atoms with Crippen molar-refractivity contribution in [2.75, 3.05) is 13.7 Å². The van der Waals surface area contributed by atoms with Crippen LogP contribution in [0.1, 0.15) is 18.4 Å². The number of para-hydroxylation sites is 1. The Labute approximate surface area is 192 Å². The number of halogens is 1. The number of aromatic nitrogens is 2. The fourth-order valence-electron chi connectivity index (χ4n) is 3.61. The van der Waals surface area contributed by atoms with E-state index in [-0.39, 0.29) is 5.56 Å². The molecule has 0 saturated heterocycles. The normalized spacial score (nSPS) is 11.0. The van der Waals surface area contributed by atoms with Crippen LogP contribution in [0.4, 0.5) is 0 Å². The van der Waals surface area contributed by atoms with Crippen LogP contribution in [0.2, 0.25) is 5.02 Å². The number of ether oxygens (including phenoxy) is 2. The molecule has 1 aromatic heterocycles. The molecule has 0 aliphatic heterocycles. The molecule has 4 aromatic rings. The molecular weight excluding hydrogens is 424 g/mol. The average molecular weight is 449 g/mol. The molecule has 0 aliphatic carbocycles. The number of nitrogens with zero attached hydrogens (tertiary/aromatic N) is 2. The summed E-state index contributed by atoms with van der Waals surface area (Å²) in [6.07, 6.45) is 1.55. The van der Waals surface area contributed by atoms with E-state index in [1.165, 1.54) is 0 Å². The standard InChI is InChI=1S/C26H25ClN2O3/c1-18-9-14-24(22(27)17-18)32-16-6-5-15-29-25(19-10-12-20(31-2)13-11-19)28-23-8-4-3-7-21(23)26(29)30/h3-4,7-14,17H,5-6,15-16H2,1-2H3. The van der Waals surface area contributed by atoms with Gasteiger partial charge < -0.3 is 9.47 Å². The maximum absolute atomic E-state index is 13.3. The summed E-state index contributed by atoms with van der Waals surface area (Å²) < 4.78 is 12.8. The molecule has 0 bridgehead atoms. The molecule has 0 unspecified atom stereocenters. The Morgan fingerprint density at radius 1 is 1.00 bits per heavy atom. The second-order valence-electron chi connectivity index (χ2n) is 7.63. The van der Waals surface area contributed by atoms with Gasteiger partial charge in [-0.3, -0.25) is 9.36 Å². The number of methoxy groups -OCH3 is 1. The molecule has 0 N–H and O–H groups in total. The minimum absolute atomic E-state index is 0.0380. The average Bonchev–Trinajstić information content (AvgIpc) is 2.81. The Bertz CT molecular complexity index is 1280. The monoisotopic (exact) mass is 448 g/mol. The number of fused-ring (bicyclic) bond motifs is 1. The predicted octanol–water partition coefficient (Wildman–Crippen LogP) is 5.89. The van der Waals surface area contributed by atoms with Crippen LogP contribution in [0, 0.1) is 6.92 Å². The van der Waals surface area contributed by atoms with Crippen molar-refractivity contribution in [3.63, 3.8) is 0 Å². The Kier molecular flexibility index (Phi) is 6.76. The summed E-state index contributed by atoms with van der Waals surface area (Å²) in [5.74, 6) is 2.09. The zero-order valence-corrected chi connectivity index (χ0v) is 18.9. The zero-order valence-electron chi connectivity index (χ0n) is 18.2. The van der Waals surface area contributed by atoms with Crippen molar-refractivity contribution in [2.45, 2.75) is 26.3 Å². The summed E-state index contributed by atoms with van der Waals surface area (Å²) in [6.45, 7) is 3.06. The number of benzene rings is 3. The lowest BCUT2D eigenvalue weighted by molar-refractivity contribution is 0.303. The van der Waals surface area contributed by atoms with Gasteiger partial charge in [0.15, 0.2) is 0 Å². The summed E-state index contributed by atoms with van der Waals surface area (Å²) in [6, 6.07) is 20.8. The van der Waals surface area contributed by atoms with E-state index in [4.69, 9.17) is 26.1 Å². The van der Waals surface area contributed by atoms with Crippen molar-refractivity contribution in [2.24, 2.45) is 0 Å². The molecule has 0 saturated carbocycles. The highest BCUT2D eigenvalue weighted by molar-refractivity contribution is 6.32. The summed E-state index contributed by atoms with van der Waals surface area (Å²) >= 11 is 6.24. The molecular formula is C26H25ClN2O3. The molecule has 3 aromatic carbocycles. The van der Waals surface area contributed by atoms with Gasteiger partial charge in [0, 0.05) is 12.1 Å². The molecule has 32 heavy (non-hydrogen) atoms. The van der Waals surface area contributed by atoms with E-state index in [0.717, 1.165) is 29.7 Å². The molecule has 0 aliphatic rings. The molecule has 5 nitrogen and oxygen atoms in total. The first-order valence-electron chi connectivity index (χ1n) is 10.6. The van der Waals surface area contributed by atoms with E-state index in [2.05, 4.69) is 0 Å². The van der Waals surface area contributed by atoms with Crippen molar-refractivity contribution in [3.8, 4) is 22.9 Å². The van der Waals surface area contributed by atoms with Gasteiger partial charge >= 0.3 is 0 Å². The van der Waals surface area contributed by atoms with Crippen molar-refractivity contribution in [1.82, 2.24) is 9.55 Å². The SMILES string of the molecule is COc1ccc(-c2nc3ccccc3c(=O)n2CCCCOc2ccc(C)cc2Cl)cc1. The van der Waals surface area contributed by atoms with E-state index in [9.17, 15) is 4.79 Å². The number of unbranched alkanes of at least 4 members (excludes halogenated alkanes) is 1. The van der Waals surface area contributed by atoms with Gasteiger partial charge in [0.1, 0.15) is 17.3 Å². The summed E-state index contributed by atoms with van der Waals surface area (Å²) in [7, 11) is 1.63. The number of aryl methyl sites for hydroxylation is 1. The van der Waals surface area contributed by atoms with Crippen LogP contribution < -0.4 is 15.0 Å². The van der Waals surface area contributed by atoms with Gasteiger partial charge in [0.25, 0.3) is 5.56 Å². The largest absolute Gasteiger partial charge is 0.497 e. The van der Waals surface area contributed by atoms with E-state index >= 15 is 0 Å². The molecule has 6 heteroatoms. The fraction of sp³-hybridized carbons (Fsp3) is 0.231. The van der Waals surface area contributed by atoms with Crippen molar-refractivity contribution < 1.29 is 9.47 Å². The summed E-state index contributed by atoms with van der Waals surface area (Å²) in [5, 5.41) is 1.23. The summed E-state index contributed by atoms with van der Waals surface area (Å²) in [5.41, 5.74) is 2.62. The predicted molar refractivity (Wildman–Crippen MR) is 129 cm³/mol. The summed E-state index contributed by atoms with van der Waals surface area (Å²) in [4.78, 5) is 18.1. The Balaban J connectivity index is 1.53. The van der Waals surface area contributed by atoms with Crippen molar-refractivity contribution in [1.29, 1.82) is 0 Å². The molecule has 0 fully saturated rings. The third-order valence-electron chi connectivity index (χ3n) is 5.33. The van der Waals surface area contributed by atoms with Crippen LogP contribution in [-0.4, -0.2) is 23.3 Å². The number of rotatable bonds is 8. The number of hydrogen-bond acceptors (Lipinski definition) is 4. The number of hydrogen-bond donors (Lipinski definition) is 0. The molecule has 164 valence electrons. The lowest BCUT2D eigenvalue weighted by Gasteiger charge is -2.14. The molecule has 1 heterocycles. The third kappa shape index (κ3) is 4.78. The minimum atomic E-state index is -0.0380. The molecule has 0 radical (unpaired) electrons. The van der Waals surface area contributed by atoms with Crippen LogP contribution in [0.3, 0.4) is 0 Å². The Morgan fingerprint density at radius 3 is 2.53 bits per heavy atom. The van der Waals surface area contributed by atoms with Crippen LogP contribution in [0.5, 0.6) is 11.5 Å². The van der Waals surface area contributed by atoms with Gasteiger partial charge in [-0.25, -0.2) is 4.98 Å². The second-order valence-corrected chi connectivity index (χ2v) is 8.03.